The Bertz CT molecular complexity index is 351. The van der Waals surface area contributed by atoms with Gasteiger partial charge in [0.2, 0.25) is 0 Å². The van der Waals surface area contributed by atoms with E-state index in [0.717, 1.165) is 25.9 Å². The third-order valence-corrected chi connectivity index (χ3v) is 3.86. The molecule has 2 nitrogen and oxygen atoms in total. The van der Waals surface area contributed by atoms with Crippen molar-refractivity contribution in [3.8, 4) is 0 Å². The van der Waals surface area contributed by atoms with Gasteiger partial charge in [0.15, 0.2) is 11.6 Å². The molecule has 1 aliphatic heterocycles. The highest BCUT2D eigenvalue weighted by molar-refractivity contribution is 9.10. The molecule has 1 aromatic rings. The lowest BCUT2D eigenvalue weighted by molar-refractivity contribution is 0.561. The van der Waals surface area contributed by atoms with Gasteiger partial charge in [0.25, 0.3) is 0 Å². The van der Waals surface area contributed by atoms with E-state index in [1.807, 2.05) is 4.90 Å². The van der Waals surface area contributed by atoms with E-state index in [1.54, 1.807) is 6.20 Å². The molecular formula is C10H11Br2FN2. The first-order valence-electron chi connectivity index (χ1n) is 4.87. The Morgan fingerprint density at radius 1 is 1.40 bits per heavy atom. The monoisotopic (exact) mass is 336 g/mol. The molecule has 5 heteroatoms. The molecule has 15 heavy (non-hydrogen) atoms. The van der Waals surface area contributed by atoms with E-state index in [-0.39, 0.29) is 5.82 Å². The number of aromatic nitrogens is 1. The van der Waals surface area contributed by atoms with Crippen LogP contribution >= 0.6 is 31.9 Å². The van der Waals surface area contributed by atoms with Crippen molar-refractivity contribution in [2.75, 3.05) is 18.0 Å². The summed E-state index contributed by atoms with van der Waals surface area (Å²) in [6.45, 7) is 1.73. The maximum atomic E-state index is 13.6. The molecule has 0 bridgehead atoms. The first kappa shape index (κ1) is 11.3. The van der Waals surface area contributed by atoms with Crippen LogP contribution in [0.4, 0.5) is 10.2 Å². The molecule has 0 N–H and O–H groups in total. The van der Waals surface area contributed by atoms with Gasteiger partial charge >= 0.3 is 0 Å². The summed E-state index contributed by atoms with van der Waals surface area (Å²) in [5.74, 6) is 0.218. The molecule has 0 aliphatic carbocycles. The number of hydrogen-bond acceptors (Lipinski definition) is 2. The molecule has 1 aliphatic rings. The fourth-order valence-corrected chi connectivity index (χ4v) is 2.41. The average molecular weight is 338 g/mol. The lowest BCUT2D eigenvalue weighted by atomic mass is 10.1. The third-order valence-electron chi connectivity index (χ3n) is 2.51. The second-order valence-electron chi connectivity index (χ2n) is 3.62. The van der Waals surface area contributed by atoms with Crippen molar-refractivity contribution < 1.29 is 4.39 Å². The number of pyridine rings is 1. The van der Waals surface area contributed by atoms with E-state index in [2.05, 4.69) is 36.8 Å². The van der Waals surface area contributed by atoms with Gasteiger partial charge in [-0.2, -0.15) is 0 Å². The Balaban J connectivity index is 2.15. The molecule has 0 unspecified atom stereocenters. The second-order valence-corrected chi connectivity index (χ2v) is 5.83. The Hall–Kier alpha value is -0.160. The minimum absolute atomic E-state index is 0.252. The quantitative estimate of drug-likeness (QED) is 0.730. The number of nitrogens with zero attached hydrogens (tertiary/aromatic N) is 2. The lowest BCUT2D eigenvalue weighted by Gasteiger charge is -2.30. The van der Waals surface area contributed by atoms with Crippen molar-refractivity contribution in [3.05, 3.63) is 22.6 Å². The van der Waals surface area contributed by atoms with Crippen molar-refractivity contribution in [2.24, 2.45) is 0 Å². The highest BCUT2D eigenvalue weighted by atomic mass is 79.9. The van der Waals surface area contributed by atoms with Gasteiger partial charge in [-0.3, -0.25) is 0 Å². The fourth-order valence-electron chi connectivity index (χ4n) is 1.70. The zero-order chi connectivity index (χ0) is 10.8. The number of rotatable bonds is 1. The van der Waals surface area contributed by atoms with Crippen LogP contribution in [0.25, 0.3) is 0 Å². The summed E-state index contributed by atoms with van der Waals surface area (Å²) in [6.07, 6.45) is 3.72. The van der Waals surface area contributed by atoms with E-state index in [4.69, 9.17) is 0 Å². The molecule has 82 valence electrons. The molecule has 1 aromatic heterocycles. The zero-order valence-electron chi connectivity index (χ0n) is 8.09. The van der Waals surface area contributed by atoms with Crippen molar-refractivity contribution in [3.63, 3.8) is 0 Å². The van der Waals surface area contributed by atoms with Gasteiger partial charge in [-0.1, -0.05) is 15.9 Å². The summed E-state index contributed by atoms with van der Waals surface area (Å²) in [6, 6.07) is 1.46. The van der Waals surface area contributed by atoms with Crippen molar-refractivity contribution in [2.45, 2.75) is 17.7 Å². The number of anilines is 1. The molecule has 1 saturated heterocycles. The van der Waals surface area contributed by atoms with Crippen molar-refractivity contribution in [1.29, 1.82) is 0 Å². The molecule has 0 atom stereocenters. The van der Waals surface area contributed by atoms with Gasteiger partial charge in [-0.05, 0) is 34.8 Å². The van der Waals surface area contributed by atoms with Crippen LogP contribution in [-0.4, -0.2) is 22.9 Å². The first-order chi connectivity index (χ1) is 7.16. The molecule has 2 rings (SSSR count). The fraction of sp³-hybridized carbons (Fsp3) is 0.500. The van der Waals surface area contributed by atoms with Crippen LogP contribution in [0.2, 0.25) is 0 Å². The Labute approximate surface area is 105 Å². The maximum Gasteiger partial charge on any atom is 0.166 e. The number of hydrogen-bond donors (Lipinski definition) is 0. The molecule has 0 saturated carbocycles. The van der Waals surface area contributed by atoms with Gasteiger partial charge in [-0.25, -0.2) is 9.37 Å². The predicted octanol–water partition coefficient (Wildman–Crippen LogP) is 3.35. The van der Waals surface area contributed by atoms with Crippen LogP contribution in [0.15, 0.2) is 16.7 Å². The maximum absolute atomic E-state index is 13.6. The summed E-state index contributed by atoms with van der Waals surface area (Å²) in [4.78, 5) is 6.68. The second kappa shape index (κ2) is 4.78. The van der Waals surface area contributed by atoms with Crippen LogP contribution in [0.1, 0.15) is 12.8 Å². The summed E-state index contributed by atoms with van der Waals surface area (Å²) in [5.41, 5.74) is 0. The minimum atomic E-state index is -0.252. The molecule has 0 amide bonds. The number of piperidine rings is 1. The summed E-state index contributed by atoms with van der Waals surface area (Å²) < 4.78 is 14.3. The SMILES string of the molecule is Fc1cc(Br)cnc1N1CCC(Br)CC1. The Kier molecular flexibility index (Phi) is 3.61. The largest absolute Gasteiger partial charge is 0.354 e. The molecule has 0 spiro atoms. The van der Waals surface area contributed by atoms with Gasteiger partial charge in [0, 0.05) is 28.6 Å². The molecule has 1 fully saturated rings. The molecule has 0 aromatic carbocycles. The van der Waals surface area contributed by atoms with Crippen LogP contribution in [0.5, 0.6) is 0 Å². The van der Waals surface area contributed by atoms with E-state index >= 15 is 0 Å². The highest BCUT2D eigenvalue weighted by Crippen LogP contribution is 2.25. The third kappa shape index (κ3) is 2.69. The highest BCUT2D eigenvalue weighted by Gasteiger charge is 2.20. The van der Waals surface area contributed by atoms with Crippen LogP contribution in [0.3, 0.4) is 0 Å². The van der Waals surface area contributed by atoms with E-state index in [0.29, 0.717) is 15.1 Å². The van der Waals surface area contributed by atoms with Gasteiger partial charge in [-0.15, -0.1) is 0 Å². The van der Waals surface area contributed by atoms with Crippen LogP contribution in [-0.2, 0) is 0 Å². The van der Waals surface area contributed by atoms with Gasteiger partial charge < -0.3 is 4.90 Å². The average Bonchev–Trinajstić information content (AvgIpc) is 2.20. The van der Waals surface area contributed by atoms with Crippen molar-refractivity contribution in [1.82, 2.24) is 4.98 Å². The van der Waals surface area contributed by atoms with Crippen LogP contribution < -0.4 is 4.90 Å². The van der Waals surface area contributed by atoms with Crippen molar-refractivity contribution >= 4 is 37.7 Å². The van der Waals surface area contributed by atoms with E-state index in [9.17, 15) is 4.39 Å². The Morgan fingerprint density at radius 2 is 2.07 bits per heavy atom. The smallest absolute Gasteiger partial charge is 0.166 e. The minimum Gasteiger partial charge on any atom is -0.354 e. The van der Waals surface area contributed by atoms with Gasteiger partial charge in [0.1, 0.15) is 0 Å². The normalized spacial score (nSPS) is 18.2. The topological polar surface area (TPSA) is 16.1 Å². The van der Waals surface area contributed by atoms with E-state index < -0.39 is 0 Å². The Morgan fingerprint density at radius 3 is 2.67 bits per heavy atom. The standard InChI is InChI=1S/C10H11Br2FN2/c11-7-1-3-15(4-2-7)10-9(13)5-8(12)6-14-10/h5-7H,1-4H2. The first-order valence-corrected chi connectivity index (χ1v) is 6.58. The van der Waals surface area contributed by atoms with Gasteiger partial charge in [0.05, 0.1) is 0 Å². The molecule has 0 radical (unpaired) electrons. The molecule has 2 heterocycles. The number of alkyl halides is 1. The lowest BCUT2D eigenvalue weighted by Crippen LogP contribution is -2.35. The molecular weight excluding hydrogens is 327 g/mol. The summed E-state index contributed by atoms with van der Waals surface area (Å²) in [7, 11) is 0. The number of halogens is 3. The predicted molar refractivity (Wildman–Crippen MR) is 66.1 cm³/mol. The summed E-state index contributed by atoms with van der Waals surface area (Å²) in [5, 5.41) is 0. The summed E-state index contributed by atoms with van der Waals surface area (Å²) >= 11 is 6.77. The van der Waals surface area contributed by atoms with E-state index in [1.165, 1.54) is 6.07 Å². The zero-order valence-corrected chi connectivity index (χ0v) is 11.3. The van der Waals surface area contributed by atoms with Crippen LogP contribution in [0, 0.1) is 5.82 Å².